The van der Waals surface area contributed by atoms with Crippen molar-refractivity contribution in [3.63, 3.8) is 0 Å². The lowest BCUT2D eigenvalue weighted by molar-refractivity contribution is -0.153. The van der Waals surface area contributed by atoms with Crippen LogP contribution in [0.4, 0.5) is 0 Å². The Kier molecular flexibility index (Phi) is 5.91. The number of Topliss-reactive ketones (excluding diaryl/α,β-unsaturated/α-hetero) is 1. The zero-order chi connectivity index (χ0) is 21.2. The Morgan fingerprint density at radius 1 is 1.07 bits per heavy atom. The number of amides is 1. The molecule has 0 unspecified atom stereocenters. The number of hydrogen-bond donors (Lipinski definition) is 0. The highest BCUT2D eigenvalue weighted by Crippen LogP contribution is 2.37. The first-order chi connectivity index (χ1) is 13.8. The van der Waals surface area contributed by atoms with Crippen LogP contribution in [0.3, 0.4) is 0 Å². The van der Waals surface area contributed by atoms with Crippen LogP contribution in [0.1, 0.15) is 47.1 Å². The highest BCUT2D eigenvalue weighted by atomic mass is 16.5. The van der Waals surface area contributed by atoms with Gasteiger partial charge in [-0.25, -0.2) is 0 Å². The summed E-state index contributed by atoms with van der Waals surface area (Å²) in [5.74, 6) is -0.598. The summed E-state index contributed by atoms with van der Waals surface area (Å²) in [4.78, 5) is 39.3. The predicted molar refractivity (Wildman–Crippen MR) is 110 cm³/mol. The van der Waals surface area contributed by atoms with E-state index in [1.54, 1.807) is 4.90 Å². The minimum Gasteiger partial charge on any atom is -0.457 e. The van der Waals surface area contributed by atoms with Gasteiger partial charge in [-0.1, -0.05) is 30.3 Å². The molecule has 154 valence electrons. The number of aryl methyl sites for hydroxylation is 1. The molecule has 3 rings (SSSR count). The van der Waals surface area contributed by atoms with Crippen molar-refractivity contribution < 1.29 is 19.1 Å². The molecule has 0 bridgehead atoms. The second-order valence-corrected chi connectivity index (χ2v) is 7.80. The number of ketones is 1. The Hall–Kier alpha value is -2.89. The van der Waals surface area contributed by atoms with E-state index in [-0.39, 0.29) is 18.3 Å². The number of benzene rings is 1. The number of hydrogen-bond acceptors (Lipinski definition) is 4. The zero-order valence-corrected chi connectivity index (χ0v) is 17.5. The maximum Gasteiger partial charge on any atom is 0.317 e. The summed E-state index contributed by atoms with van der Waals surface area (Å²) >= 11 is 0. The van der Waals surface area contributed by atoms with Crippen LogP contribution in [0, 0.1) is 13.8 Å². The van der Waals surface area contributed by atoms with E-state index in [9.17, 15) is 14.4 Å². The SMILES string of the molecule is CC(=O)N1CCC(C(=O)OCC(=O)c2cc(C)n(C)c2C)(c2ccccc2)CC1. The van der Waals surface area contributed by atoms with Crippen molar-refractivity contribution in [3.05, 3.63) is 58.9 Å². The average molecular weight is 396 g/mol. The topological polar surface area (TPSA) is 68.6 Å². The van der Waals surface area contributed by atoms with Gasteiger partial charge in [0.1, 0.15) is 0 Å². The first kappa shape index (κ1) is 20.8. The molecule has 0 aliphatic carbocycles. The molecule has 0 saturated carbocycles. The number of piperidine rings is 1. The summed E-state index contributed by atoms with van der Waals surface area (Å²) in [5, 5.41) is 0. The van der Waals surface area contributed by atoms with Gasteiger partial charge in [0.2, 0.25) is 11.7 Å². The third-order valence-corrected chi connectivity index (χ3v) is 6.19. The molecular formula is C23H28N2O4. The third-order valence-electron chi connectivity index (χ3n) is 6.19. The van der Waals surface area contributed by atoms with E-state index >= 15 is 0 Å². The normalized spacial score (nSPS) is 15.8. The fourth-order valence-electron chi connectivity index (χ4n) is 4.06. The lowest BCUT2D eigenvalue weighted by Crippen LogP contribution is -2.49. The molecule has 1 aliphatic rings. The van der Waals surface area contributed by atoms with Crippen LogP contribution in [-0.2, 0) is 26.8 Å². The lowest BCUT2D eigenvalue weighted by atomic mass is 9.72. The second-order valence-electron chi connectivity index (χ2n) is 7.80. The number of ether oxygens (including phenoxy) is 1. The summed E-state index contributed by atoms with van der Waals surface area (Å²) in [6.45, 7) is 6.05. The van der Waals surface area contributed by atoms with Gasteiger partial charge in [-0.05, 0) is 38.3 Å². The van der Waals surface area contributed by atoms with Crippen LogP contribution < -0.4 is 0 Å². The number of nitrogens with zero attached hydrogens (tertiary/aromatic N) is 2. The van der Waals surface area contributed by atoms with E-state index in [0.29, 0.717) is 31.5 Å². The maximum absolute atomic E-state index is 13.2. The lowest BCUT2D eigenvalue weighted by Gasteiger charge is -2.40. The Labute approximate surface area is 171 Å². The highest BCUT2D eigenvalue weighted by Gasteiger charge is 2.45. The third kappa shape index (κ3) is 3.97. The highest BCUT2D eigenvalue weighted by molar-refractivity contribution is 5.99. The second kappa shape index (κ2) is 8.23. The fraction of sp³-hybridized carbons (Fsp3) is 0.435. The summed E-state index contributed by atoms with van der Waals surface area (Å²) in [6, 6.07) is 11.3. The molecule has 1 amide bonds. The Morgan fingerprint density at radius 3 is 2.21 bits per heavy atom. The van der Waals surface area contributed by atoms with Gasteiger partial charge in [-0.15, -0.1) is 0 Å². The molecule has 6 nitrogen and oxygen atoms in total. The Balaban J connectivity index is 1.78. The van der Waals surface area contributed by atoms with E-state index in [0.717, 1.165) is 17.0 Å². The molecule has 0 N–H and O–H groups in total. The Bertz CT molecular complexity index is 922. The molecular weight excluding hydrogens is 368 g/mol. The van der Waals surface area contributed by atoms with Crippen molar-refractivity contribution in [2.75, 3.05) is 19.7 Å². The van der Waals surface area contributed by atoms with Gasteiger partial charge < -0.3 is 14.2 Å². The van der Waals surface area contributed by atoms with Crippen molar-refractivity contribution in [1.82, 2.24) is 9.47 Å². The van der Waals surface area contributed by atoms with Gasteiger partial charge >= 0.3 is 5.97 Å². The van der Waals surface area contributed by atoms with Crippen molar-refractivity contribution in [1.29, 1.82) is 0 Å². The molecule has 29 heavy (non-hydrogen) atoms. The fourth-order valence-corrected chi connectivity index (χ4v) is 4.06. The number of carbonyl (C=O) groups is 3. The summed E-state index contributed by atoms with van der Waals surface area (Å²) < 4.78 is 7.50. The maximum atomic E-state index is 13.2. The van der Waals surface area contributed by atoms with Crippen molar-refractivity contribution in [2.24, 2.45) is 7.05 Å². The van der Waals surface area contributed by atoms with Crippen LogP contribution in [-0.4, -0.2) is 46.8 Å². The van der Waals surface area contributed by atoms with Crippen LogP contribution in [0.2, 0.25) is 0 Å². The number of rotatable bonds is 5. The molecule has 1 aromatic heterocycles. The largest absolute Gasteiger partial charge is 0.457 e. The average Bonchev–Trinajstić information content (AvgIpc) is 2.99. The minimum atomic E-state index is -0.838. The molecule has 1 aromatic carbocycles. The van der Waals surface area contributed by atoms with Crippen LogP contribution >= 0.6 is 0 Å². The van der Waals surface area contributed by atoms with Gasteiger partial charge in [0.05, 0.1) is 5.41 Å². The monoisotopic (exact) mass is 396 g/mol. The molecule has 6 heteroatoms. The van der Waals surface area contributed by atoms with Crippen molar-refractivity contribution in [3.8, 4) is 0 Å². The molecule has 2 aromatic rings. The zero-order valence-electron chi connectivity index (χ0n) is 17.5. The van der Waals surface area contributed by atoms with Gasteiger partial charge in [-0.3, -0.25) is 14.4 Å². The van der Waals surface area contributed by atoms with E-state index in [1.165, 1.54) is 6.92 Å². The molecule has 1 fully saturated rings. The molecule has 2 heterocycles. The molecule has 1 saturated heterocycles. The van der Waals surface area contributed by atoms with Gasteiger partial charge in [-0.2, -0.15) is 0 Å². The summed E-state index contributed by atoms with van der Waals surface area (Å²) in [5.41, 5.74) is 2.45. The number of carbonyl (C=O) groups excluding carboxylic acids is 3. The first-order valence-electron chi connectivity index (χ1n) is 9.90. The predicted octanol–water partition coefficient (Wildman–Crippen LogP) is 2.95. The van der Waals surface area contributed by atoms with Gasteiger partial charge in [0.15, 0.2) is 6.61 Å². The Morgan fingerprint density at radius 2 is 1.69 bits per heavy atom. The smallest absolute Gasteiger partial charge is 0.317 e. The quantitative estimate of drug-likeness (QED) is 0.576. The first-order valence-corrected chi connectivity index (χ1v) is 9.90. The van der Waals surface area contributed by atoms with E-state index < -0.39 is 11.4 Å². The van der Waals surface area contributed by atoms with Crippen LogP contribution in [0.15, 0.2) is 36.4 Å². The van der Waals surface area contributed by atoms with Crippen LogP contribution in [0.5, 0.6) is 0 Å². The molecule has 0 radical (unpaired) electrons. The van der Waals surface area contributed by atoms with Gasteiger partial charge in [0, 0.05) is 44.0 Å². The van der Waals surface area contributed by atoms with Crippen molar-refractivity contribution in [2.45, 2.75) is 39.0 Å². The number of esters is 1. The van der Waals surface area contributed by atoms with E-state index in [1.807, 2.05) is 61.9 Å². The summed E-state index contributed by atoms with van der Waals surface area (Å²) in [6.07, 6.45) is 0.959. The molecule has 0 atom stereocenters. The number of likely N-dealkylation sites (tertiary alicyclic amines) is 1. The molecule has 0 spiro atoms. The van der Waals surface area contributed by atoms with Crippen molar-refractivity contribution >= 4 is 17.7 Å². The van der Waals surface area contributed by atoms with E-state index in [4.69, 9.17) is 4.74 Å². The minimum absolute atomic E-state index is 0.00475. The molecule has 1 aliphatic heterocycles. The number of aromatic nitrogens is 1. The van der Waals surface area contributed by atoms with Gasteiger partial charge in [0.25, 0.3) is 0 Å². The van der Waals surface area contributed by atoms with E-state index in [2.05, 4.69) is 0 Å². The standard InChI is InChI=1S/C23H28N2O4/c1-16-14-20(17(2)24(16)4)21(27)15-29-22(28)23(19-8-6-5-7-9-19)10-12-25(13-11-23)18(3)26/h5-9,14H,10-13,15H2,1-4H3. The summed E-state index contributed by atoms with van der Waals surface area (Å²) in [7, 11) is 1.90. The van der Waals surface area contributed by atoms with Crippen LogP contribution in [0.25, 0.3) is 0 Å².